The zero-order chi connectivity index (χ0) is 19.3. The van der Waals surface area contributed by atoms with E-state index in [4.69, 9.17) is 9.47 Å². The van der Waals surface area contributed by atoms with Crippen molar-refractivity contribution in [2.45, 2.75) is 13.1 Å². The summed E-state index contributed by atoms with van der Waals surface area (Å²) in [7, 11) is 2.54. The van der Waals surface area contributed by atoms with Crippen LogP contribution in [0.15, 0.2) is 24.3 Å². The third-order valence-electron chi connectivity index (χ3n) is 3.06. The Morgan fingerprint density at radius 3 is 2.50 bits per heavy atom. The summed E-state index contributed by atoms with van der Waals surface area (Å²) < 4.78 is 51.5. The third-order valence-corrected chi connectivity index (χ3v) is 3.06. The molecule has 0 saturated heterocycles. The highest BCUT2D eigenvalue weighted by atomic mass is 19.4. The van der Waals surface area contributed by atoms with Crippen LogP contribution in [0.3, 0.4) is 0 Å². The second-order valence-electron chi connectivity index (χ2n) is 5.10. The molecule has 1 aromatic carbocycles. The molecule has 2 aromatic rings. The predicted molar refractivity (Wildman–Crippen MR) is 85.9 cm³/mol. The number of hydrogen-bond acceptors (Lipinski definition) is 7. The molecule has 0 fully saturated rings. The number of aromatic nitrogens is 2. The Morgan fingerprint density at radius 1 is 1.15 bits per heavy atom. The highest BCUT2D eigenvalue weighted by Crippen LogP contribution is 2.32. The molecule has 0 radical (unpaired) electrons. The minimum absolute atomic E-state index is 0.0459. The van der Waals surface area contributed by atoms with Crippen molar-refractivity contribution in [2.75, 3.05) is 26.1 Å². The van der Waals surface area contributed by atoms with Crippen molar-refractivity contribution in [2.24, 2.45) is 0 Å². The van der Waals surface area contributed by atoms with Gasteiger partial charge in [0.05, 0.1) is 14.2 Å². The topological polar surface area (TPSA) is 82.6 Å². The van der Waals surface area contributed by atoms with E-state index in [9.17, 15) is 18.0 Å². The molecule has 1 aromatic heterocycles. The first kappa shape index (κ1) is 19.3. The Kier molecular flexibility index (Phi) is 5.86. The van der Waals surface area contributed by atoms with Crippen molar-refractivity contribution < 1.29 is 32.2 Å². The van der Waals surface area contributed by atoms with Gasteiger partial charge < -0.3 is 19.5 Å². The number of esters is 1. The zero-order valence-corrected chi connectivity index (χ0v) is 14.2. The van der Waals surface area contributed by atoms with Crippen molar-refractivity contribution in [3.63, 3.8) is 0 Å². The van der Waals surface area contributed by atoms with Crippen LogP contribution < -0.4 is 14.8 Å². The number of rotatable bonds is 6. The van der Waals surface area contributed by atoms with Gasteiger partial charge in [-0.15, -0.1) is 0 Å². The number of halogens is 3. The lowest BCUT2D eigenvalue weighted by Crippen LogP contribution is -2.19. The fraction of sp³-hybridized carbons (Fsp3) is 0.312. The van der Waals surface area contributed by atoms with Gasteiger partial charge in [0.2, 0.25) is 5.95 Å². The Labute approximate surface area is 147 Å². The molecular weight excluding hydrogens is 355 g/mol. The summed E-state index contributed by atoms with van der Waals surface area (Å²) in [4.78, 5) is 19.7. The van der Waals surface area contributed by atoms with E-state index < -0.39 is 18.8 Å². The van der Waals surface area contributed by atoms with E-state index in [1.807, 2.05) is 0 Å². The number of carbonyl (C=O) groups is 1. The molecule has 0 aliphatic heterocycles. The Morgan fingerprint density at radius 2 is 1.88 bits per heavy atom. The molecule has 7 nitrogen and oxygen atoms in total. The minimum atomic E-state index is -4.48. The van der Waals surface area contributed by atoms with Gasteiger partial charge in [0.25, 0.3) is 0 Å². The number of ether oxygens (including phenoxy) is 3. The average molecular weight is 371 g/mol. The Hall–Kier alpha value is -3.04. The van der Waals surface area contributed by atoms with Crippen LogP contribution in [0.25, 0.3) is 0 Å². The molecule has 1 heterocycles. The summed E-state index contributed by atoms with van der Waals surface area (Å²) >= 11 is 0. The largest absolute Gasteiger partial charge is 0.493 e. The second-order valence-corrected chi connectivity index (χ2v) is 5.10. The SMILES string of the molecule is COC(=O)c1cc(C)nc(Nc2ccc(OC)c(OCC(F)(F)F)c2)n1. The normalized spacial score (nSPS) is 11.0. The van der Waals surface area contributed by atoms with E-state index >= 15 is 0 Å². The van der Waals surface area contributed by atoms with Gasteiger partial charge in [-0.3, -0.25) is 0 Å². The van der Waals surface area contributed by atoms with Crippen LogP contribution in [0, 0.1) is 6.92 Å². The number of hydrogen-bond donors (Lipinski definition) is 1. The van der Waals surface area contributed by atoms with Crippen molar-refractivity contribution in [3.8, 4) is 11.5 Å². The summed E-state index contributed by atoms with van der Waals surface area (Å²) in [5.41, 5.74) is 0.902. The first-order valence-electron chi connectivity index (χ1n) is 7.30. The predicted octanol–water partition coefficient (Wildman–Crippen LogP) is 3.26. The molecule has 1 N–H and O–H groups in total. The number of nitrogens with zero attached hydrogens (tertiary/aromatic N) is 2. The molecule has 140 valence electrons. The third kappa shape index (κ3) is 5.23. The van der Waals surface area contributed by atoms with Crippen molar-refractivity contribution in [3.05, 3.63) is 35.7 Å². The lowest BCUT2D eigenvalue weighted by molar-refractivity contribution is -0.153. The van der Waals surface area contributed by atoms with Crippen LogP contribution in [-0.4, -0.2) is 42.9 Å². The van der Waals surface area contributed by atoms with E-state index in [0.717, 1.165) is 0 Å². The van der Waals surface area contributed by atoms with Crippen molar-refractivity contribution in [1.29, 1.82) is 0 Å². The van der Waals surface area contributed by atoms with Crippen molar-refractivity contribution >= 4 is 17.6 Å². The van der Waals surface area contributed by atoms with E-state index in [0.29, 0.717) is 11.4 Å². The van der Waals surface area contributed by atoms with Gasteiger partial charge >= 0.3 is 12.1 Å². The van der Waals surface area contributed by atoms with Crippen LogP contribution in [0.4, 0.5) is 24.8 Å². The number of carbonyl (C=O) groups excluding carboxylic acids is 1. The molecule has 0 aliphatic carbocycles. The van der Waals surface area contributed by atoms with Gasteiger partial charge in [0.1, 0.15) is 0 Å². The average Bonchev–Trinajstić information content (AvgIpc) is 2.58. The maximum Gasteiger partial charge on any atom is 0.422 e. The number of alkyl halides is 3. The molecular formula is C16H16F3N3O4. The summed E-state index contributed by atoms with van der Waals surface area (Å²) in [6, 6.07) is 5.74. The molecule has 0 atom stereocenters. The van der Waals surface area contributed by atoms with Crippen molar-refractivity contribution in [1.82, 2.24) is 9.97 Å². The van der Waals surface area contributed by atoms with Crippen LogP contribution in [0.1, 0.15) is 16.2 Å². The van der Waals surface area contributed by atoms with Gasteiger partial charge in [-0.1, -0.05) is 0 Å². The first-order valence-corrected chi connectivity index (χ1v) is 7.30. The smallest absolute Gasteiger partial charge is 0.422 e. The summed E-state index contributed by atoms with van der Waals surface area (Å²) in [6.45, 7) is 0.200. The monoisotopic (exact) mass is 371 g/mol. The quantitative estimate of drug-likeness (QED) is 0.781. The van der Waals surface area contributed by atoms with Crippen LogP contribution in [-0.2, 0) is 4.74 Å². The number of benzene rings is 1. The van der Waals surface area contributed by atoms with E-state index in [1.165, 1.54) is 32.4 Å². The highest BCUT2D eigenvalue weighted by molar-refractivity contribution is 5.87. The standard InChI is InChI=1S/C16H16F3N3O4/c1-9-6-11(14(23)25-3)22-15(20-9)21-10-4-5-12(24-2)13(7-10)26-8-16(17,18)19/h4-7H,8H2,1-3H3,(H,20,21,22). The van der Waals surface area contributed by atoms with Crippen LogP contribution in [0.2, 0.25) is 0 Å². The molecule has 0 amide bonds. The molecule has 0 bridgehead atoms. The summed E-state index contributed by atoms with van der Waals surface area (Å²) in [5.74, 6) is -0.518. The van der Waals surface area contributed by atoms with E-state index in [1.54, 1.807) is 13.0 Å². The Balaban J connectivity index is 2.27. The van der Waals surface area contributed by atoms with E-state index in [2.05, 4.69) is 20.0 Å². The maximum atomic E-state index is 12.4. The van der Waals surface area contributed by atoms with Gasteiger partial charge in [-0.05, 0) is 25.1 Å². The van der Waals surface area contributed by atoms with Crippen LogP contribution in [0.5, 0.6) is 11.5 Å². The van der Waals surface area contributed by atoms with E-state index in [-0.39, 0.29) is 23.1 Å². The van der Waals surface area contributed by atoms with Gasteiger partial charge in [-0.25, -0.2) is 14.8 Å². The highest BCUT2D eigenvalue weighted by Gasteiger charge is 2.29. The van der Waals surface area contributed by atoms with Gasteiger partial charge in [0, 0.05) is 17.4 Å². The molecule has 26 heavy (non-hydrogen) atoms. The number of nitrogens with one attached hydrogen (secondary N) is 1. The van der Waals surface area contributed by atoms with Crippen LogP contribution >= 0.6 is 0 Å². The number of methoxy groups -OCH3 is 2. The molecule has 0 unspecified atom stereocenters. The molecule has 0 aliphatic rings. The van der Waals surface area contributed by atoms with Gasteiger partial charge in [0.15, 0.2) is 23.8 Å². The summed E-state index contributed by atoms with van der Waals surface area (Å²) in [5, 5.41) is 2.81. The lowest BCUT2D eigenvalue weighted by atomic mass is 10.2. The first-order chi connectivity index (χ1) is 12.2. The lowest BCUT2D eigenvalue weighted by Gasteiger charge is -2.14. The summed E-state index contributed by atoms with van der Waals surface area (Å²) in [6.07, 6.45) is -4.48. The second kappa shape index (κ2) is 7.89. The fourth-order valence-electron chi connectivity index (χ4n) is 1.99. The molecule has 0 saturated carbocycles. The Bertz CT molecular complexity index is 797. The molecule has 2 rings (SSSR count). The van der Waals surface area contributed by atoms with Gasteiger partial charge in [-0.2, -0.15) is 13.2 Å². The molecule has 10 heteroatoms. The maximum absolute atomic E-state index is 12.4. The minimum Gasteiger partial charge on any atom is -0.493 e. The number of aryl methyl sites for hydroxylation is 1. The fourth-order valence-corrected chi connectivity index (χ4v) is 1.99. The number of anilines is 2. The zero-order valence-electron chi connectivity index (χ0n) is 14.2. The molecule has 0 spiro atoms.